The van der Waals surface area contributed by atoms with Gasteiger partial charge >= 0.3 is 0 Å². The molecule has 1 aromatic heterocycles. The Hall–Kier alpha value is -2.82. The summed E-state index contributed by atoms with van der Waals surface area (Å²) >= 11 is 0. The van der Waals surface area contributed by atoms with Gasteiger partial charge in [0.1, 0.15) is 17.4 Å². The lowest BCUT2D eigenvalue weighted by Crippen LogP contribution is -2.42. The van der Waals surface area contributed by atoms with Crippen LogP contribution in [0.4, 0.5) is 0 Å². The number of carbonyl (C=O) groups excluding carboxylic acids is 1. The maximum atomic E-state index is 13.1. The van der Waals surface area contributed by atoms with Gasteiger partial charge in [-0.3, -0.25) is 4.79 Å². The second-order valence-electron chi connectivity index (χ2n) is 7.52. The Labute approximate surface area is 158 Å². The number of nitrogens with zero attached hydrogens (tertiary/aromatic N) is 3. The zero-order valence-electron chi connectivity index (χ0n) is 15.7. The van der Waals surface area contributed by atoms with Crippen molar-refractivity contribution in [1.82, 2.24) is 14.5 Å². The number of hydrogen-bond acceptors (Lipinski definition) is 3. The molecule has 1 fully saturated rings. The number of ether oxygens (including phenoxy) is 1. The van der Waals surface area contributed by atoms with Crippen molar-refractivity contribution in [2.45, 2.75) is 32.3 Å². The van der Waals surface area contributed by atoms with Crippen LogP contribution in [0.25, 0.3) is 11.0 Å². The van der Waals surface area contributed by atoms with Crippen LogP contribution in [-0.4, -0.2) is 33.4 Å². The molecule has 0 spiro atoms. The number of rotatable bonds is 2. The van der Waals surface area contributed by atoms with Crippen LogP contribution in [0.3, 0.4) is 0 Å². The number of aryl methyl sites for hydroxylation is 2. The fourth-order valence-electron chi connectivity index (χ4n) is 4.08. The number of aromatic nitrogens is 2. The number of carbonyl (C=O) groups is 1. The highest BCUT2D eigenvalue weighted by Gasteiger charge is 2.32. The third-order valence-electron chi connectivity index (χ3n) is 5.92. The van der Waals surface area contributed by atoms with E-state index in [9.17, 15) is 4.79 Å². The van der Waals surface area contributed by atoms with Gasteiger partial charge in [-0.2, -0.15) is 0 Å². The summed E-state index contributed by atoms with van der Waals surface area (Å²) in [7, 11) is 1.99. The van der Waals surface area contributed by atoms with Crippen molar-refractivity contribution in [3.8, 4) is 5.75 Å². The van der Waals surface area contributed by atoms with Gasteiger partial charge in [-0.15, -0.1) is 0 Å². The highest BCUT2D eigenvalue weighted by atomic mass is 16.5. The van der Waals surface area contributed by atoms with Crippen LogP contribution in [0.5, 0.6) is 5.75 Å². The average Bonchev–Trinajstić information content (AvgIpc) is 2.94. The van der Waals surface area contributed by atoms with E-state index in [-0.39, 0.29) is 12.0 Å². The molecule has 2 aliphatic rings. The molecule has 0 aliphatic carbocycles. The van der Waals surface area contributed by atoms with Crippen LogP contribution in [0.2, 0.25) is 0 Å². The highest BCUT2D eigenvalue weighted by molar-refractivity contribution is 6.02. The van der Waals surface area contributed by atoms with Crippen LogP contribution in [0, 0.1) is 6.92 Å². The van der Waals surface area contributed by atoms with Crippen molar-refractivity contribution < 1.29 is 9.53 Å². The summed E-state index contributed by atoms with van der Waals surface area (Å²) < 4.78 is 8.51. The van der Waals surface area contributed by atoms with E-state index < -0.39 is 0 Å². The Kier molecular flexibility index (Phi) is 3.71. The van der Waals surface area contributed by atoms with Crippen LogP contribution < -0.4 is 4.74 Å². The minimum Gasteiger partial charge on any atom is -0.483 e. The molecule has 2 aromatic carbocycles. The van der Waals surface area contributed by atoms with Gasteiger partial charge in [0.25, 0.3) is 5.91 Å². The molecule has 2 aliphatic heterocycles. The van der Waals surface area contributed by atoms with Crippen LogP contribution in [0.15, 0.2) is 36.4 Å². The molecule has 1 atom stereocenters. The van der Waals surface area contributed by atoms with Crippen molar-refractivity contribution in [3.63, 3.8) is 0 Å². The summed E-state index contributed by atoms with van der Waals surface area (Å²) in [6.45, 7) is 3.69. The molecular weight excluding hydrogens is 338 g/mol. The summed E-state index contributed by atoms with van der Waals surface area (Å²) in [5.41, 5.74) is 4.80. The van der Waals surface area contributed by atoms with Crippen molar-refractivity contribution >= 4 is 16.9 Å². The van der Waals surface area contributed by atoms with Gasteiger partial charge in [0, 0.05) is 31.3 Å². The first-order chi connectivity index (χ1) is 13.1. The average molecular weight is 361 g/mol. The summed E-state index contributed by atoms with van der Waals surface area (Å²) in [5, 5.41) is 0. The normalized spacial score (nSPS) is 18.7. The van der Waals surface area contributed by atoms with Gasteiger partial charge < -0.3 is 14.2 Å². The molecule has 1 unspecified atom stereocenters. The largest absolute Gasteiger partial charge is 0.483 e. The summed E-state index contributed by atoms with van der Waals surface area (Å²) in [4.78, 5) is 19.7. The minimum absolute atomic E-state index is 0.00132. The van der Waals surface area contributed by atoms with E-state index in [4.69, 9.17) is 9.72 Å². The monoisotopic (exact) mass is 361 g/mol. The SMILES string of the molecule is Cc1nc2c3c(c(C(=O)N4CCC4)cc2n1C)CCC(c1ccccc1)O3. The Morgan fingerprint density at radius 2 is 2.00 bits per heavy atom. The molecule has 0 radical (unpaired) electrons. The molecule has 1 saturated heterocycles. The smallest absolute Gasteiger partial charge is 0.254 e. The van der Waals surface area contributed by atoms with Crippen molar-refractivity contribution in [2.24, 2.45) is 7.05 Å². The van der Waals surface area contributed by atoms with Gasteiger partial charge in [0.05, 0.1) is 5.52 Å². The number of imidazole rings is 1. The maximum absolute atomic E-state index is 13.1. The first-order valence-corrected chi connectivity index (χ1v) is 9.63. The molecule has 0 N–H and O–H groups in total. The number of benzene rings is 2. The van der Waals surface area contributed by atoms with Gasteiger partial charge in [-0.05, 0) is 37.8 Å². The van der Waals surface area contributed by atoms with E-state index in [0.717, 1.165) is 66.1 Å². The molecule has 5 rings (SSSR count). The Bertz CT molecular complexity index is 1030. The Balaban J connectivity index is 1.66. The minimum atomic E-state index is -0.00132. The molecule has 0 saturated carbocycles. The fraction of sp³-hybridized carbons (Fsp3) is 0.364. The number of hydrogen-bond donors (Lipinski definition) is 0. The lowest BCUT2D eigenvalue weighted by atomic mass is 9.92. The van der Waals surface area contributed by atoms with E-state index in [2.05, 4.69) is 12.1 Å². The van der Waals surface area contributed by atoms with E-state index in [0.29, 0.717) is 0 Å². The van der Waals surface area contributed by atoms with E-state index in [1.54, 1.807) is 0 Å². The molecule has 0 bridgehead atoms. The summed E-state index contributed by atoms with van der Waals surface area (Å²) in [5.74, 6) is 1.84. The first kappa shape index (κ1) is 16.4. The fourth-order valence-corrected chi connectivity index (χ4v) is 4.08. The second-order valence-corrected chi connectivity index (χ2v) is 7.52. The number of likely N-dealkylation sites (tertiary alicyclic amines) is 1. The molecule has 1 amide bonds. The number of fused-ring (bicyclic) bond motifs is 3. The highest BCUT2D eigenvalue weighted by Crippen LogP contribution is 2.42. The van der Waals surface area contributed by atoms with Gasteiger partial charge in [-0.25, -0.2) is 4.98 Å². The zero-order valence-corrected chi connectivity index (χ0v) is 15.7. The van der Waals surface area contributed by atoms with Crippen LogP contribution >= 0.6 is 0 Å². The predicted octanol–water partition coefficient (Wildman–Crippen LogP) is 3.79. The lowest BCUT2D eigenvalue weighted by Gasteiger charge is -2.33. The van der Waals surface area contributed by atoms with Gasteiger partial charge in [0.2, 0.25) is 0 Å². The Morgan fingerprint density at radius 3 is 2.70 bits per heavy atom. The van der Waals surface area contributed by atoms with E-state index >= 15 is 0 Å². The van der Waals surface area contributed by atoms with Crippen LogP contribution in [-0.2, 0) is 13.5 Å². The lowest BCUT2D eigenvalue weighted by molar-refractivity contribution is 0.0648. The van der Waals surface area contributed by atoms with Crippen molar-refractivity contribution in [3.05, 3.63) is 58.9 Å². The van der Waals surface area contributed by atoms with Crippen molar-refractivity contribution in [2.75, 3.05) is 13.1 Å². The molecule has 3 aromatic rings. The van der Waals surface area contributed by atoms with Gasteiger partial charge in [-0.1, -0.05) is 30.3 Å². The zero-order chi connectivity index (χ0) is 18.5. The predicted molar refractivity (Wildman–Crippen MR) is 104 cm³/mol. The standard InChI is InChI=1S/C22H23N3O2/c1-14-23-20-18(24(14)2)13-17(22(26)25-11-6-12-25)16-9-10-19(27-21(16)20)15-7-4-3-5-8-15/h3-5,7-8,13,19H,6,9-12H2,1-2H3. The van der Waals surface area contributed by atoms with E-state index in [1.807, 2.05) is 47.7 Å². The summed E-state index contributed by atoms with van der Waals surface area (Å²) in [6, 6.07) is 12.3. The van der Waals surface area contributed by atoms with E-state index in [1.165, 1.54) is 5.56 Å². The number of amides is 1. The topological polar surface area (TPSA) is 47.4 Å². The van der Waals surface area contributed by atoms with Crippen molar-refractivity contribution in [1.29, 1.82) is 0 Å². The maximum Gasteiger partial charge on any atom is 0.254 e. The second kappa shape index (κ2) is 6.12. The Morgan fingerprint density at radius 1 is 1.22 bits per heavy atom. The third-order valence-corrected chi connectivity index (χ3v) is 5.92. The third kappa shape index (κ3) is 2.52. The molecule has 5 heteroatoms. The molecular formula is C22H23N3O2. The first-order valence-electron chi connectivity index (χ1n) is 9.63. The van der Waals surface area contributed by atoms with Gasteiger partial charge in [0.15, 0.2) is 5.75 Å². The summed E-state index contributed by atoms with van der Waals surface area (Å²) in [6.07, 6.45) is 2.79. The molecule has 138 valence electrons. The molecule has 27 heavy (non-hydrogen) atoms. The van der Waals surface area contributed by atoms with Crippen LogP contribution in [0.1, 0.15) is 46.3 Å². The molecule has 3 heterocycles. The molecule has 5 nitrogen and oxygen atoms in total. The quantitative estimate of drug-likeness (QED) is 0.698.